The van der Waals surface area contributed by atoms with Crippen LogP contribution >= 0.6 is 0 Å². The van der Waals surface area contributed by atoms with Gasteiger partial charge in [0.2, 0.25) is 5.95 Å². The molecule has 0 atom stereocenters. The first kappa shape index (κ1) is 27.7. The van der Waals surface area contributed by atoms with Crippen molar-refractivity contribution in [2.45, 2.75) is 58.7 Å². The molecule has 206 valence electrons. The topological polar surface area (TPSA) is 59.3 Å². The summed E-state index contributed by atoms with van der Waals surface area (Å²) in [6, 6.07) is 8.19. The van der Waals surface area contributed by atoms with Gasteiger partial charge in [0.1, 0.15) is 0 Å². The van der Waals surface area contributed by atoms with E-state index in [1.54, 1.807) is 13.2 Å². The number of hydrogen-bond donors (Lipinski definition) is 0. The zero-order valence-electron chi connectivity index (χ0n) is 23.0. The van der Waals surface area contributed by atoms with E-state index in [2.05, 4.69) is 40.8 Å². The van der Waals surface area contributed by atoms with E-state index in [1.165, 1.54) is 10.1 Å². The van der Waals surface area contributed by atoms with Crippen molar-refractivity contribution in [2.75, 3.05) is 36.5 Å². The number of rotatable bonds is 8. The predicted octanol–water partition coefficient (Wildman–Crippen LogP) is 6.16. The van der Waals surface area contributed by atoms with E-state index in [-0.39, 0.29) is 6.10 Å². The minimum Gasteiger partial charge on any atom is -0.486 e. The lowest BCUT2D eigenvalue weighted by Crippen LogP contribution is -2.39. The Bertz CT molecular complexity index is 1230. The quantitative estimate of drug-likeness (QED) is 0.348. The van der Waals surface area contributed by atoms with Gasteiger partial charge < -0.3 is 19.1 Å². The minimum atomic E-state index is -4.45. The van der Waals surface area contributed by atoms with Gasteiger partial charge in [-0.25, -0.2) is 15.0 Å². The molecule has 38 heavy (non-hydrogen) atoms. The smallest absolute Gasteiger partial charge is 0.434 e. The first-order chi connectivity index (χ1) is 17.9. The van der Waals surface area contributed by atoms with Crippen molar-refractivity contribution in [3.05, 3.63) is 47.9 Å². The second kappa shape index (κ2) is 11.2. The summed E-state index contributed by atoms with van der Waals surface area (Å²) in [5, 5.41) is 0. The molecule has 1 saturated heterocycles. The Morgan fingerprint density at radius 2 is 1.76 bits per heavy atom. The van der Waals surface area contributed by atoms with Crippen molar-refractivity contribution < 1.29 is 17.9 Å². The summed E-state index contributed by atoms with van der Waals surface area (Å²) < 4.78 is 46.8. The van der Waals surface area contributed by atoms with Gasteiger partial charge in [0, 0.05) is 45.5 Å². The molecule has 0 aliphatic carbocycles. The fraction of sp³-hybridized carbons (Fsp3) is 0.536. The largest absolute Gasteiger partial charge is 0.486 e. The van der Waals surface area contributed by atoms with Gasteiger partial charge in [0.05, 0.1) is 12.3 Å². The molecule has 1 aliphatic rings. The molecule has 0 bridgehead atoms. The third-order valence-corrected chi connectivity index (χ3v) is 6.86. The third-order valence-electron chi connectivity index (χ3n) is 6.86. The van der Waals surface area contributed by atoms with Crippen LogP contribution in [0.3, 0.4) is 0 Å². The van der Waals surface area contributed by atoms with Crippen molar-refractivity contribution in [2.24, 2.45) is 13.0 Å². The highest BCUT2D eigenvalue weighted by molar-refractivity contribution is 5.65. The molecular formula is C28H37F3N6O. The minimum absolute atomic E-state index is 0.0258. The third kappa shape index (κ3) is 6.22. The van der Waals surface area contributed by atoms with Crippen LogP contribution in [0.4, 0.5) is 24.9 Å². The highest BCUT2D eigenvalue weighted by Crippen LogP contribution is 2.34. The van der Waals surface area contributed by atoms with Gasteiger partial charge in [-0.3, -0.25) is 0 Å². The highest BCUT2D eigenvalue weighted by Gasteiger charge is 2.35. The van der Waals surface area contributed by atoms with Crippen LogP contribution in [0, 0.1) is 5.92 Å². The number of imidazole rings is 1. The average molecular weight is 531 g/mol. The highest BCUT2D eigenvalue weighted by atomic mass is 19.4. The average Bonchev–Trinajstić information content (AvgIpc) is 3.26. The summed E-state index contributed by atoms with van der Waals surface area (Å²) in [4.78, 5) is 17.5. The number of alkyl halides is 3. The van der Waals surface area contributed by atoms with E-state index in [0.29, 0.717) is 42.4 Å². The first-order valence-corrected chi connectivity index (χ1v) is 13.1. The van der Waals surface area contributed by atoms with Gasteiger partial charge in [-0.1, -0.05) is 38.1 Å². The normalized spacial score (nSPS) is 15.0. The van der Waals surface area contributed by atoms with E-state index in [1.807, 2.05) is 37.9 Å². The van der Waals surface area contributed by atoms with Crippen LogP contribution in [0.25, 0.3) is 11.4 Å². The van der Waals surface area contributed by atoms with Crippen LogP contribution in [-0.4, -0.2) is 52.3 Å². The molecule has 10 heteroatoms. The molecule has 0 radical (unpaired) electrons. The summed E-state index contributed by atoms with van der Waals surface area (Å²) >= 11 is 0. The van der Waals surface area contributed by atoms with Crippen molar-refractivity contribution in [3.63, 3.8) is 0 Å². The lowest BCUT2D eigenvalue weighted by atomic mass is 9.96. The lowest BCUT2D eigenvalue weighted by Gasteiger charge is -2.35. The molecule has 0 N–H and O–H groups in total. The van der Waals surface area contributed by atoms with E-state index < -0.39 is 11.9 Å². The van der Waals surface area contributed by atoms with Gasteiger partial charge in [0.15, 0.2) is 23.1 Å². The SMILES string of the molecule is CC(C)Oc1cnc(-c2ccccc2C(C)C)nc1N(C)CC1CCN(c2nc(C(F)(F)F)cn2C)CC1. The number of halogens is 3. The molecule has 3 aromatic rings. The number of anilines is 2. The maximum atomic E-state index is 13.1. The number of benzene rings is 1. The first-order valence-electron chi connectivity index (χ1n) is 13.1. The fourth-order valence-corrected chi connectivity index (χ4v) is 4.98. The zero-order valence-corrected chi connectivity index (χ0v) is 23.0. The molecule has 7 nitrogen and oxygen atoms in total. The molecule has 0 unspecified atom stereocenters. The van der Waals surface area contributed by atoms with Crippen molar-refractivity contribution in [1.82, 2.24) is 19.5 Å². The lowest BCUT2D eigenvalue weighted by molar-refractivity contribution is -0.140. The van der Waals surface area contributed by atoms with Gasteiger partial charge in [-0.15, -0.1) is 0 Å². The zero-order chi connectivity index (χ0) is 27.6. The summed E-state index contributed by atoms with van der Waals surface area (Å²) in [5.74, 6) is 3.09. The number of piperidine rings is 1. The van der Waals surface area contributed by atoms with E-state index in [0.717, 1.165) is 37.0 Å². The number of ether oxygens (including phenoxy) is 1. The van der Waals surface area contributed by atoms with Crippen LogP contribution in [0.5, 0.6) is 5.75 Å². The second-order valence-electron chi connectivity index (χ2n) is 10.6. The maximum absolute atomic E-state index is 13.1. The van der Waals surface area contributed by atoms with Crippen LogP contribution in [0.1, 0.15) is 57.7 Å². The van der Waals surface area contributed by atoms with Crippen LogP contribution in [0.2, 0.25) is 0 Å². The molecule has 1 fully saturated rings. The Morgan fingerprint density at radius 1 is 1.08 bits per heavy atom. The fourth-order valence-electron chi connectivity index (χ4n) is 4.98. The van der Waals surface area contributed by atoms with Crippen molar-refractivity contribution >= 4 is 11.8 Å². The number of aromatic nitrogens is 4. The van der Waals surface area contributed by atoms with Crippen LogP contribution in [-0.2, 0) is 13.2 Å². The predicted molar refractivity (Wildman–Crippen MR) is 144 cm³/mol. The molecule has 0 saturated carbocycles. The van der Waals surface area contributed by atoms with E-state index >= 15 is 0 Å². The Balaban J connectivity index is 1.50. The summed E-state index contributed by atoms with van der Waals surface area (Å²) in [5.41, 5.74) is 1.34. The van der Waals surface area contributed by atoms with Gasteiger partial charge in [0.25, 0.3) is 0 Å². The molecule has 0 spiro atoms. The number of hydrogen-bond acceptors (Lipinski definition) is 6. The van der Waals surface area contributed by atoms with Gasteiger partial charge in [-0.05, 0) is 44.1 Å². The molecular weight excluding hydrogens is 493 g/mol. The maximum Gasteiger partial charge on any atom is 0.434 e. The van der Waals surface area contributed by atoms with E-state index in [4.69, 9.17) is 9.72 Å². The Morgan fingerprint density at radius 3 is 2.37 bits per heavy atom. The molecule has 1 aliphatic heterocycles. The summed E-state index contributed by atoms with van der Waals surface area (Å²) in [6.45, 7) is 10.3. The number of nitrogens with zero attached hydrogens (tertiary/aromatic N) is 6. The molecule has 2 aromatic heterocycles. The number of aryl methyl sites for hydroxylation is 1. The summed E-state index contributed by atoms with van der Waals surface area (Å²) in [7, 11) is 3.62. The standard InChI is InChI=1S/C28H37F3N6O/c1-18(2)21-9-7-8-10-22(21)25-32-15-23(38-19(3)4)26(34-25)35(5)16-20-11-13-37(14-12-20)27-33-24(17-36(27)6)28(29,30)31/h7-10,15,17-20H,11-14,16H2,1-6H3. The molecule has 4 rings (SSSR count). The van der Waals surface area contributed by atoms with Crippen LogP contribution < -0.4 is 14.5 Å². The molecule has 1 aromatic carbocycles. The van der Waals surface area contributed by atoms with Crippen molar-refractivity contribution in [1.29, 1.82) is 0 Å². The summed E-state index contributed by atoms with van der Waals surface area (Å²) in [6.07, 6.45) is 0.0176. The Hall–Kier alpha value is -3.30. The van der Waals surface area contributed by atoms with Crippen molar-refractivity contribution in [3.8, 4) is 17.1 Å². The van der Waals surface area contributed by atoms with E-state index in [9.17, 15) is 13.2 Å². The Kier molecular flexibility index (Phi) is 8.18. The molecule has 0 amide bonds. The second-order valence-corrected chi connectivity index (χ2v) is 10.6. The van der Waals surface area contributed by atoms with Gasteiger partial charge >= 0.3 is 6.18 Å². The monoisotopic (exact) mass is 530 g/mol. The van der Waals surface area contributed by atoms with Crippen LogP contribution in [0.15, 0.2) is 36.7 Å². The Labute approximate surface area is 222 Å². The molecule has 3 heterocycles. The van der Waals surface area contributed by atoms with Gasteiger partial charge in [-0.2, -0.15) is 13.2 Å².